The summed E-state index contributed by atoms with van der Waals surface area (Å²) < 4.78 is 10.3. The average Bonchev–Trinajstić information content (AvgIpc) is 2.60. The number of halogens is 1. The predicted molar refractivity (Wildman–Crippen MR) is 95.8 cm³/mol. The van der Waals surface area contributed by atoms with Crippen molar-refractivity contribution in [2.75, 3.05) is 19.8 Å². The summed E-state index contributed by atoms with van der Waals surface area (Å²) in [6.07, 6.45) is 1.06. The summed E-state index contributed by atoms with van der Waals surface area (Å²) in [5.74, 6) is 0.324. The third-order valence-corrected chi connectivity index (χ3v) is 3.98. The number of carbonyl (C=O) groups excluding carboxylic acids is 1. The Morgan fingerprint density at radius 2 is 1.92 bits per heavy atom. The van der Waals surface area contributed by atoms with Crippen LogP contribution in [-0.4, -0.2) is 25.7 Å². The molecular formula is C19H22ClNO3. The minimum atomic E-state index is -0.348. The van der Waals surface area contributed by atoms with Crippen molar-refractivity contribution in [3.05, 3.63) is 65.2 Å². The van der Waals surface area contributed by atoms with Crippen molar-refractivity contribution in [2.24, 2.45) is 0 Å². The fourth-order valence-electron chi connectivity index (χ4n) is 2.90. The van der Waals surface area contributed by atoms with Crippen molar-refractivity contribution in [3.63, 3.8) is 0 Å². The number of rotatable bonds is 5. The Morgan fingerprint density at radius 1 is 1.17 bits per heavy atom. The third-order valence-electron chi connectivity index (χ3n) is 3.98. The third kappa shape index (κ3) is 4.28. The van der Waals surface area contributed by atoms with Crippen LogP contribution >= 0.6 is 12.4 Å². The number of carbonyl (C=O) groups is 1. The lowest BCUT2D eigenvalue weighted by Gasteiger charge is -2.27. The average molecular weight is 348 g/mol. The molecule has 0 fully saturated rings. The molecule has 0 aromatic heterocycles. The summed E-state index contributed by atoms with van der Waals surface area (Å²) in [4.78, 5) is 11.3. The van der Waals surface area contributed by atoms with E-state index in [4.69, 9.17) is 9.47 Å². The Hall–Kier alpha value is -2.04. The first-order valence-corrected chi connectivity index (χ1v) is 7.97. The summed E-state index contributed by atoms with van der Waals surface area (Å²) in [7, 11) is 0. The van der Waals surface area contributed by atoms with Crippen LogP contribution < -0.4 is 10.1 Å². The van der Waals surface area contributed by atoms with Crippen LogP contribution in [0.3, 0.4) is 0 Å². The molecule has 24 heavy (non-hydrogen) atoms. The predicted octanol–water partition coefficient (Wildman–Crippen LogP) is 3.29. The maximum absolute atomic E-state index is 11.3. The van der Waals surface area contributed by atoms with E-state index >= 15 is 0 Å². The molecule has 1 aliphatic rings. The second kappa shape index (κ2) is 8.71. The molecule has 2 aromatic rings. The van der Waals surface area contributed by atoms with Gasteiger partial charge in [0.2, 0.25) is 0 Å². The van der Waals surface area contributed by atoms with Gasteiger partial charge in [-0.25, -0.2) is 4.79 Å². The van der Waals surface area contributed by atoms with Gasteiger partial charge in [0.25, 0.3) is 0 Å². The maximum Gasteiger partial charge on any atom is 0.344 e. The summed E-state index contributed by atoms with van der Waals surface area (Å²) in [5.41, 5.74) is 3.93. The molecule has 1 heterocycles. The highest BCUT2D eigenvalue weighted by molar-refractivity contribution is 5.85. The van der Waals surface area contributed by atoms with Crippen LogP contribution in [0.4, 0.5) is 0 Å². The van der Waals surface area contributed by atoms with E-state index in [1.807, 2.05) is 24.3 Å². The van der Waals surface area contributed by atoms with Gasteiger partial charge >= 0.3 is 5.97 Å². The molecule has 0 saturated carbocycles. The van der Waals surface area contributed by atoms with E-state index < -0.39 is 0 Å². The van der Waals surface area contributed by atoms with Crippen LogP contribution in [0.15, 0.2) is 48.5 Å². The van der Waals surface area contributed by atoms with Gasteiger partial charge in [0.1, 0.15) is 5.75 Å². The molecule has 0 saturated heterocycles. The van der Waals surface area contributed by atoms with Gasteiger partial charge in [-0.15, -0.1) is 12.4 Å². The molecule has 128 valence electrons. The molecule has 1 atom stereocenters. The van der Waals surface area contributed by atoms with Crippen molar-refractivity contribution in [3.8, 4) is 5.75 Å². The Balaban J connectivity index is 0.00000208. The minimum absolute atomic E-state index is 0. The smallest absolute Gasteiger partial charge is 0.344 e. The van der Waals surface area contributed by atoms with Crippen molar-refractivity contribution < 1.29 is 14.3 Å². The quantitative estimate of drug-likeness (QED) is 0.843. The molecular weight excluding hydrogens is 326 g/mol. The lowest BCUT2D eigenvalue weighted by molar-refractivity contribution is -0.145. The fraction of sp³-hybridized carbons (Fsp3) is 0.316. The fourth-order valence-corrected chi connectivity index (χ4v) is 2.90. The second-order valence-electron chi connectivity index (χ2n) is 5.50. The Kier molecular flexibility index (Phi) is 6.64. The minimum Gasteiger partial charge on any atom is -0.482 e. The van der Waals surface area contributed by atoms with Gasteiger partial charge in [-0.05, 0) is 42.2 Å². The van der Waals surface area contributed by atoms with E-state index in [2.05, 4.69) is 29.6 Å². The Bertz CT molecular complexity index is 673. The molecule has 0 spiro atoms. The van der Waals surface area contributed by atoms with Gasteiger partial charge < -0.3 is 14.8 Å². The van der Waals surface area contributed by atoms with Crippen LogP contribution in [0.25, 0.3) is 0 Å². The Morgan fingerprint density at radius 3 is 2.67 bits per heavy atom. The zero-order valence-corrected chi connectivity index (χ0v) is 14.5. The monoisotopic (exact) mass is 347 g/mol. The van der Waals surface area contributed by atoms with Crippen molar-refractivity contribution in [1.82, 2.24) is 5.32 Å². The first kappa shape index (κ1) is 18.3. The standard InChI is InChI=1S/C19H21NO3.ClH/c1-2-22-18(21)13-23-16-9-7-15(8-10-16)19-17-6-4-3-5-14(17)11-12-20-19;/h3-10,19-20H,2,11-13H2,1H3;1H. The molecule has 1 unspecified atom stereocenters. The number of esters is 1. The lowest BCUT2D eigenvalue weighted by atomic mass is 9.90. The van der Waals surface area contributed by atoms with E-state index in [0.29, 0.717) is 12.4 Å². The van der Waals surface area contributed by atoms with E-state index in [0.717, 1.165) is 13.0 Å². The zero-order valence-electron chi connectivity index (χ0n) is 13.7. The lowest BCUT2D eigenvalue weighted by Crippen LogP contribution is -2.30. The molecule has 0 radical (unpaired) electrons. The zero-order chi connectivity index (χ0) is 16.1. The molecule has 4 nitrogen and oxygen atoms in total. The van der Waals surface area contributed by atoms with Gasteiger partial charge in [-0.2, -0.15) is 0 Å². The highest BCUT2D eigenvalue weighted by atomic mass is 35.5. The van der Waals surface area contributed by atoms with Gasteiger partial charge in [0.15, 0.2) is 6.61 Å². The SMILES string of the molecule is CCOC(=O)COc1ccc(C2NCCc3ccccc32)cc1.Cl. The number of hydrogen-bond donors (Lipinski definition) is 1. The van der Waals surface area contributed by atoms with Gasteiger partial charge in [0.05, 0.1) is 12.6 Å². The number of benzene rings is 2. The molecule has 1 N–H and O–H groups in total. The normalized spacial score (nSPS) is 15.8. The Labute approximate surface area is 148 Å². The summed E-state index contributed by atoms with van der Waals surface area (Å²) >= 11 is 0. The largest absolute Gasteiger partial charge is 0.482 e. The number of nitrogens with one attached hydrogen (secondary N) is 1. The first-order chi connectivity index (χ1) is 11.3. The highest BCUT2D eigenvalue weighted by Crippen LogP contribution is 2.29. The number of ether oxygens (including phenoxy) is 2. The van der Waals surface area contributed by atoms with E-state index in [9.17, 15) is 4.79 Å². The van der Waals surface area contributed by atoms with Crippen molar-refractivity contribution in [1.29, 1.82) is 0 Å². The summed E-state index contributed by atoms with van der Waals surface area (Å²) in [6.45, 7) is 3.07. The molecule has 0 amide bonds. The van der Waals surface area contributed by atoms with E-state index in [1.165, 1.54) is 16.7 Å². The van der Waals surface area contributed by atoms with Crippen LogP contribution in [0.1, 0.15) is 29.7 Å². The van der Waals surface area contributed by atoms with Crippen LogP contribution in [-0.2, 0) is 16.0 Å². The second-order valence-corrected chi connectivity index (χ2v) is 5.50. The molecule has 3 rings (SSSR count). The first-order valence-electron chi connectivity index (χ1n) is 7.97. The molecule has 1 aliphatic heterocycles. The van der Waals surface area contributed by atoms with Crippen LogP contribution in [0.5, 0.6) is 5.75 Å². The topological polar surface area (TPSA) is 47.6 Å². The maximum atomic E-state index is 11.3. The molecule has 2 aromatic carbocycles. The summed E-state index contributed by atoms with van der Waals surface area (Å²) in [5, 5.41) is 3.56. The van der Waals surface area contributed by atoms with Crippen molar-refractivity contribution >= 4 is 18.4 Å². The summed E-state index contributed by atoms with van der Waals surface area (Å²) in [6, 6.07) is 16.6. The number of hydrogen-bond acceptors (Lipinski definition) is 4. The van der Waals surface area contributed by atoms with E-state index in [1.54, 1.807) is 6.92 Å². The van der Waals surface area contributed by atoms with Crippen molar-refractivity contribution in [2.45, 2.75) is 19.4 Å². The molecule has 0 bridgehead atoms. The molecule has 0 aliphatic carbocycles. The number of fused-ring (bicyclic) bond motifs is 1. The van der Waals surface area contributed by atoms with Crippen LogP contribution in [0.2, 0.25) is 0 Å². The van der Waals surface area contributed by atoms with Gasteiger partial charge in [-0.1, -0.05) is 36.4 Å². The highest BCUT2D eigenvalue weighted by Gasteiger charge is 2.20. The molecule has 5 heteroatoms. The van der Waals surface area contributed by atoms with Gasteiger partial charge in [-0.3, -0.25) is 0 Å². The van der Waals surface area contributed by atoms with Gasteiger partial charge in [0, 0.05) is 6.54 Å². The van der Waals surface area contributed by atoms with E-state index in [-0.39, 0.29) is 31.0 Å². The van der Waals surface area contributed by atoms with Crippen LogP contribution in [0, 0.1) is 0 Å².